The van der Waals surface area contributed by atoms with Gasteiger partial charge in [0.15, 0.2) is 0 Å². The predicted molar refractivity (Wildman–Crippen MR) is 73.2 cm³/mol. The van der Waals surface area contributed by atoms with Gasteiger partial charge in [0.25, 0.3) is 0 Å². The van der Waals surface area contributed by atoms with E-state index in [4.69, 9.17) is 0 Å². The molecule has 0 radical (unpaired) electrons. The van der Waals surface area contributed by atoms with Crippen molar-refractivity contribution in [2.45, 2.75) is 90.6 Å². The van der Waals surface area contributed by atoms with E-state index < -0.39 is 12.1 Å². The summed E-state index contributed by atoms with van der Waals surface area (Å²) < 4.78 is 30.9. The van der Waals surface area contributed by atoms with E-state index in [1.165, 1.54) is 0 Å². The second kappa shape index (κ2) is 11.2. The summed E-state index contributed by atoms with van der Waals surface area (Å²) in [6.07, 6.45) is 4.50. The van der Waals surface area contributed by atoms with Crippen LogP contribution in [0.25, 0.3) is 0 Å². The van der Waals surface area contributed by atoms with Gasteiger partial charge in [-0.15, -0.1) is 0 Å². The van der Waals surface area contributed by atoms with Gasteiger partial charge in [-0.2, -0.15) is 8.78 Å². The molecule has 2 nitrogen and oxygen atoms in total. The van der Waals surface area contributed by atoms with E-state index in [1.807, 2.05) is 6.92 Å². The molecule has 19 heavy (non-hydrogen) atoms. The third-order valence-corrected chi connectivity index (χ3v) is 3.07. The van der Waals surface area contributed by atoms with Crippen LogP contribution in [0.2, 0.25) is 0 Å². The number of ether oxygens (including phenoxy) is 1. The first kappa shape index (κ1) is 18.3. The monoisotopic (exact) mass is 278 g/mol. The van der Waals surface area contributed by atoms with Crippen LogP contribution >= 0.6 is 0 Å². The third-order valence-electron chi connectivity index (χ3n) is 3.07. The highest BCUT2D eigenvalue weighted by atomic mass is 19.3. The quantitative estimate of drug-likeness (QED) is 0.350. The smallest absolute Gasteiger partial charge is 0.399 e. The number of carbonyl (C=O) groups excluding carboxylic acids is 1. The molecule has 0 aliphatic rings. The normalized spacial score (nSPS) is 11.6. The molecule has 0 spiro atoms. The largest absolute Gasteiger partial charge is 0.401 e. The highest BCUT2D eigenvalue weighted by Gasteiger charge is 2.32. The van der Waals surface area contributed by atoms with E-state index in [2.05, 4.69) is 11.7 Å². The number of hydrogen-bond acceptors (Lipinski definition) is 2. The number of hydrogen-bond donors (Lipinski definition) is 0. The highest BCUT2D eigenvalue weighted by Crippen LogP contribution is 2.24. The molecule has 4 heteroatoms. The molecule has 0 atom stereocenters. The van der Waals surface area contributed by atoms with Crippen molar-refractivity contribution in [2.75, 3.05) is 0 Å². The van der Waals surface area contributed by atoms with Crippen LogP contribution in [0.4, 0.5) is 8.78 Å². The fourth-order valence-electron chi connectivity index (χ4n) is 1.90. The van der Waals surface area contributed by atoms with Crippen LogP contribution in [0.1, 0.15) is 84.5 Å². The molecule has 0 aliphatic carbocycles. The van der Waals surface area contributed by atoms with E-state index in [1.54, 1.807) is 0 Å². The average Bonchev–Trinajstić information content (AvgIpc) is 2.33. The average molecular weight is 278 g/mol. The molecular formula is C15H28F2O2. The Kier molecular flexibility index (Phi) is 10.8. The van der Waals surface area contributed by atoms with Crippen LogP contribution in [0.5, 0.6) is 0 Å². The van der Waals surface area contributed by atoms with Crippen molar-refractivity contribution in [3.63, 3.8) is 0 Å². The Morgan fingerprint density at radius 3 is 2.05 bits per heavy atom. The summed E-state index contributed by atoms with van der Waals surface area (Å²) in [5, 5.41) is 0. The number of alkyl halides is 2. The number of rotatable bonds is 12. The van der Waals surface area contributed by atoms with Crippen molar-refractivity contribution >= 4 is 5.97 Å². The number of esters is 1. The van der Waals surface area contributed by atoms with E-state index in [-0.39, 0.29) is 12.8 Å². The summed E-state index contributed by atoms with van der Waals surface area (Å²) in [6.45, 7) is 4.12. The van der Waals surface area contributed by atoms with Gasteiger partial charge in [-0.05, 0) is 12.8 Å². The van der Waals surface area contributed by atoms with Crippen molar-refractivity contribution in [1.82, 2.24) is 0 Å². The Morgan fingerprint density at radius 2 is 1.42 bits per heavy atom. The van der Waals surface area contributed by atoms with Gasteiger partial charge in [-0.3, -0.25) is 4.79 Å². The molecule has 0 amide bonds. The fraction of sp³-hybridized carbons (Fsp3) is 0.933. The van der Waals surface area contributed by atoms with Crippen LogP contribution in [0.3, 0.4) is 0 Å². The van der Waals surface area contributed by atoms with Crippen molar-refractivity contribution < 1.29 is 18.3 Å². The molecule has 0 saturated heterocycles. The summed E-state index contributed by atoms with van der Waals surface area (Å²) in [4.78, 5) is 11.2. The van der Waals surface area contributed by atoms with Crippen LogP contribution in [-0.4, -0.2) is 12.1 Å². The van der Waals surface area contributed by atoms with Gasteiger partial charge >= 0.3 is 12.1 Å². The van der Waals surface area contributed by atoms with Gasteiger partial charge in [0.2, 0.25) is 0 Å². The van der Waals surface area contributed by atoms with Crippen molar-refractivity contribution in [3.05, 3.63) is 0 Å². The van der Waals surface area contributed by atoms with E-state index in [0.717, 1.165) is 44.9 Å². The Bertz CT molecular complexity index is 230. The molecule has 0 unspecified atom stereocenters. The van der Waals surface area contributed by atoms with Crippen molar-refractivity contribution in [2.24, 2.45) is 0 Å². The highest BCUT2D eigenvalue weighted by molar-refractivity contribution is 5.69. The fourth-order valence-corrected chi connectivity index (χ4v) is 1.90. The SMILES string of the molecule is CCCCCCCCC(F)(F)OC(=O)CCCCC. The topological polar surface area (TPSA) is 26.3 Å². The van der Waals surface area contributed by atoms with Crippen LogP contribution in [0, 0.1) is 0 Å². The van der Waals surface area contributed by atoms with Gasteiger partial charge in [0.05, 0.1) is 6.42 Å². The Labute approximate surface area is 115 Å². The second-order valence-electron chi connectivity index (χ2n) is 5.09. The number of halogens is 2. The zero-order valence-corrected chi connectivity index (χ0v) is 12.4. The molecule has 0 aromatic heterocycles. The predicted octanol–water partition coefficient (Wildman–Crippen LogP) is 5.45. The molecule has 0 saturated carbocycles. The van der Waals surface area contributed by atoms with Gasteiger partial charge in [-0.25, -0.2) is 0 Å². The minimum Gasteiger partial charge on any atom is -0.401 e. The lowest BCUT2D eigenvalue weighted by atomic mass is 10.1. The molecule has 114 valence electrons. The Morgan fingerprint density at radius 1 is 0.895 bits per heavy atom. The third kappa shape index (κ3) is 12.1. The minimum atomic E-state index is -3.28. The first-order valence-corrected chi connectivity index (χ1v) is 7.61. The zero-order valence-electron chi connectivity index (χ0n) is 12.4. The second-order valence-corrected chi connectivity index (χ2v) is 5.09. The van der Waals surface area contributed by atoms with Gasteiger partial charge < -0.3 is 4.74 Å². The Balaban J connectivity index is 3.63. The molecule has 0 heterocycles. The summed E-state index contributed by atoms with van der Waals surface area (Å²) in [7, 11) is 0. The molecule has 0 N–H and O–H groups in total. The summed E-state index contributed by atoms with van der Waals surface area (Å²) in [6, 6.07) is 0. The molecule has 0 aromatic rings. The summed E-state index contributed by atoms with van der Waals surface area (Å²) in [5.41, 5.74) is 0. The van der Waals surface area contributed by atoms with Gasteiger partial charge in [0.1, 0.15) is 0 Å². The van der Waals surface area contributed by atoms with Crippen LogP contribution < -0.4 is 0 Å². The summed E-state index contributed by atoms with van der Waals surface area (Å²) in [5.74, 6) is -0.774. The maximum absolute atomic E-state index is 13.3. The standard InChI is InChI=1S/C15H28F2O2/c1-3-5-7-8-9-11-13-15(16,17)19-14(18)12-10-6-4-2/h3-13H2,1-2H3. The molecule has 0 bridgehead atoms. The minimum absolute atomic E-state index is 0.0972. The van der Waals surface area contributed by atoms with E-state index in [0.29, 0.717) is 12.8 Å². The maximum atomic E-state index is 13.3. The van der Waals surface area contributed by atoms with Gasteiger partial charge in [-0.1, -0.05) is 58.8 Å². The molecular weight excluding hydrogens is 250 g/mol. The summed E-state index contributed by atoms with van der Waals surface area (Å²) >= 11 is 0. The first-order valence-electron chi connectivity index (χ1n) is 7.61. The molecule has 0 rings (SSSR count). The maximum Gasteiger partial charge on any atom is 0.399 e. The van der Waals surface area contributed by atoms with Crippen molar-refractivity contribution in [3.8, 4) is 0 Å². The lowest BCUT2D eigenvalue weighted by Crippen LogP contribution is -2.24. The first-order chi connectivity index (χ1) is 9.02. The number of unbranched alkanes of at least 4 members (excludes halogenated alkanes) is 7. The van der Waals surface area contributed by atoms with Crippen LogP contribution in [-0.2, 0) is 9.53 Å². The van der Waals surface area contributed by atoms with Crippen molar-refractivity contribution in [1.29, 1.82) is 0 Å². The number of carbonyl (C=O) groups is 1. The van der Waals surface area contributed by atoms with E-state index in [9.17, 15) is 13.6 Å². The molecule has 0 aliphatic heterocycles. The molecule has 0 aromatic carbocycles. The lowest BCUT2D eigenvalue weighted by molar-refractivity contribution is -0.236. The zero-order chi connectivity index (χ0) is 14.6. The lowest BCUT2D eigenvalue weighted by Gasteiger charge is -2.16. The Hall–Kier alpha value is -0.670. The van der Waals surface area contributed by atoms with E-state index >= 15 is 0 Å². The van der Waals surface area contributed by atoms with Gasteiger partial charge in [0, 0.05) is 6.42 Å². The van der Waals surface area contributed by atoms with Crippen LogP contribution in [0.15, 0.2) is 0 Å². The molecule has 0 fully saturated rings.